The fourth-order valence-corrected chi connectivity index (χ4v) is 2.65. The summed E-state index contributed by atoms with van der Waals surface area (Å²) in [5, 5.41) is 0. The fraction of sp³-hybridized carbons (Fsp3) is 0.556. The molecule has 2 atom stereocenters. The molecule has 1 fully saturated rings. The van der Waals surface area contributed by atoms with Gasteiger partial charge in [0.1, 0.15) is 11.6 Å². The number of likely N-dealkylation sites (tertiary alicyclic amines) is 1. The number of carbonyl (C=O) groups is 3. The summed E-state index contributed by atoms with van der Waals surface area (Å²) < 4.78 is 10.5. The van der Waals surface area contributed by atoms with Gasteiger partial charge in [0.25, 0.3) is 0 Å². The zero-order valence-electron chi connectivity index (χ0n) is 15.0. The van der Waals surface area contributed by atoms with Crippen LogP contribution >= 0.6 is 0 Å². The van der Waals surface area contributed by atoms with Crippen LogP contribution in [-0.2, 0) is 14.3 Å². The first-order valence-corrected chi connectivity index (χ1v) is 8.27. The molecule has 0 bridgehead atoms. The number of ketones is 1. The van der Waals surface area contributed by atoms with E-state index in [4.69, 9.17) is 9.47 Å². The molecule has 1 aliphatic rings. The second-order valence-electron chi connectivity index (χ2n) is 7.26. The molecule has 1 aromatic rings. The predicted molar refractivity (Wildman–Crippen MR) is 90.0 cm³/mol. The average Bonchev–Trinajstić information content (AvgIpc) is 2.93. The van der Waals surface area contributed by atoms with E-state index in [1.807, 2.05) is 6.92 Å². The van der Waals surface area contributed by atoms with Crippen molar-refractivity contribution in [3.05, 3.63) is 30.1 Å². The van der Waals surface area contributed by atoms with Gasteiger partial charge in [0.15, 0.2) is 12.4 Å². The molecule has 1 aromatic heterocycles. The summed E-state index contributed by atoms with van der Waals surface area (Å²) in [4.78, 5) is 41.9. The highest BCUT2D eigenvalue weighted by Crippen LogP contribution is 2.26. The van der Waals surface area contributed by atoms with Crippen molar-refractivity contribution in [3.8, 4) is 0 Å². The standard InChI is InChI=1S/C18H24N2O5/c1-12-9-14(20(10-12)17(23)25-18(2,3)4)16(22)24-11-15(21)13-5-7-19-8-6-13/h5-8,12,14H,9-11H2,1-4H3/t12-,14-/m0/s1. The van der Waals surface area contributed by atoms with Crippen molar-refractivity contribution in [1.29, 1.82) is 0 Å². The molecular formula is C18H24N2O5. The number of ether oxygens (including phenoxy) is 2. The first kappa shape index (κ1) is 18.9. The maximum atomic E-state index is 12.4. The number of hydrogen-bond donors (Lipinski definition) is 0. The Morgan fingerprint density at radius 2 is 1.88 bits per heavy atom. The van der Waals surface area contributed by atoms with Crippen LogP contribution in [0.25, 0.3) is 0 Å². The van der Waals surface area contributed by atoms with E-state index in [9.17, 15) is 14.4 Å². The third-order valence-electron chi connectivity index (χ3n) is 3.76. The maximum Gasteiger partial charge on any atom is 0.411 e. The van der Waals surface area contributed by atoms with Crippen LogP contribution in [0.15, 0.2) is 24.5 Å². The second-order valence-corrected chi connectivity index (χ2v) is 7.26. The van der Waals surface area contributed by atoms with Crippen molar-refractivity contribution in [1.82, 2.24) is 9.88 Å². The monoisotopic (exact) mass is 348 g/mol. The molecule has 0 saturated carbocycles. The molecule has 1 aliphatic heterocycles. The number of aromatic nitrogens is 1. The minimum atomic E-state index is -0.727. The molecule has 2 heterocycles. The SMILES string of the molecule is C[C@H]1C[C@@H](C(=O)OCC(=O)c2ccncc2)N(C(=O)OC(C)(C)C)C1. The molecule has 2 rings (SSSR count). The number of pyridine rings is 1. The third-order valence-corrected chi connectivity index (χ3v) is 3.76. The molecule has 1 saturated heterocycles. The first-order chi connectivity index (χ1) is 11.7. The molecule has 0 spiro atoms. The van der Waals surface area contributed by atoms with Gasteiger partial charge in [-0.3, -0.25) is 14.7 Å². The lowest BCUT2D eigenvalue weighted by Gasteiger charge is -2.27. The predicted octanol–water partition coefficient (Wildman–Crippen LogP) is 2.45. The quantitative estimate of drug-likeness (QED) is 0.614. The highest BCUT2D eigenvalue weighted by Gasteiger charge is 2.41. The van der Waals surface area contributed by atoms with Gasteiger partial charge in [-0.25, -0.2) is 9.59 Å². The number of Topliss-reactive ketones (excluding diaryl/α,β-unsaturated/α-hetero) is 1. The van der Waals surface area contributed by atoms with E-state index >= 15 is 0 Å². The van der Waals surface area contributed by atoms with E-state index in [2.05, 4.69) is 4.98 Å². The molecular weight excluding hydrogens is 324 g/mol. The van der Waals surface area contributed by atoms with E-state index in [-0.39, 0.29) is 18.3 Å². The maximum absolute atomic E-state index is 12.4. The molecule has 7 nitrogen and oxygen atoms in total. The summed E-state index contributed by atoms with van der Waals surface area (Å²) in [5.74, 6) is -0.746. The Balaban J connectivity index is 1.96. The minimum absolute atomic E-state index is 0.154. The minimum Gasteiger partial charge on any atom is -0.456 e. The number of esters is 1. The topological polar surface area (TPSA) is 85.8 Å². The van der Waals surface area contributed by atoms with Gasteiger partial charge in [0.05, 0.1) is 0 Å². The fourth-order valence-electron chi connectivity index (χ4n) is 2.65. The summed E-state index contributed by atoms with van der Waals surface area (Å²) in [5.41, 5.74) is -0.221. The number of nitrogens with zero attached hydrogens (tertiary/aromatic N) is 2. The Morgan fingerprint density at radius 3 is 2.48 bits per heavy atom. The van der Waals surface area contributed by atoms with E-state index < -0.39 is 23.7 Å². The van der Waals surface area contributed by atoms with Crippen molar-refractivity contribution in [2.45, 2.75) is 45.8 Å². The largest absolute Gasteiger partial charge is 0.456 e. The molecule has 1 amide bonds. The van der Waals surface area contributed by atoms with Gasteiger partial charge >= 0.3 is 12.1 Å². The van der Waals surface area contributed by atoms with Gasteiger partial charge in [0.2, 0.25) is 0 Å². The summed E-state index contributed by atoms with van der Waals surface area (Å²) in [6, 6.07) is 2.39. The summed E-state index contributed by atoms with van der Waals surface area (Å²) >= 11 is 0. The molecule has 0 radical (unpaired) electrons. The van der Waals surface area contributed by atoms with Crippen molar-refractivity contribution >= 4 is 17.8 Å². The van der Waals surface area contributed by atoms with Crippen LogP contribution in [0.3, 0.4) is 0 Å². The van der Waals surface area contributed by atoms with Crippen LogP contribution in [0.4, 0.5) is 4.79 Å². The molecule has 0 N–H and O–H groups in total. The summed E-state index contributed by atoms with van der Waals surface area (Å²) in [6.07, 6.45) is 2.94. The molecule has 7 heteroatoms. The summed E-state index contributed by atoms with van der Waals surface area (Å²) in [6.45, 7) is 7.32. The zero-order chi connectivity index (χ0) is 18.6. The van der Waals surface area contributed by atoms with Gasteiger partial charge in [-0.05, 0) is 45.2 Å². The van der Waals surface area contributed by atoms with Crippen LogP contribution in [-0.4, -0.2) is 52.5 Å². The smallest absolute Gasteiger partial charge is 0.411 e. The number of amides is 1. The number of carbonyl (C=O) groups excluding carboxylic acids is 3. The van der Waals surface area contributed by atoms with E-state index in [0.29, 0.717) is 18.5 Å². The Labute approximate surface area is 147 Å². The van der Waals surface area contributed by atoms with Crippen LogP contribution in [0.2, 0.25) is 0 Å². The molecule has 0 aliphatic carbocycles. The third kappa shape index (κ3) is 5.27. The molecule has 0 unspecified atom stereocenters. The van der Waals surface area contributed by atoms with Crippen molar-refractivity contribution in [3.63, 3.8) is 0 Å². The first-order valence-electron chi connectivity index (χ1n) is 8.27. The Hall–Kier alpha value is -2.44. The zero-order valence-corrected chi connectivity index (χ0v) is 15.0. The van der Waals surface area contributed by atoms with E-state index in [1.165, 1.54) is 17.3 Å². The lowest BCUT2D eigenvalue weighted by Crippen LogP contribution is -2.44. The number of hydrogen-bond acceptors (Lipinski definition) is 6. The lowest BCUT2D eigenvalue weighted by molar-refractivity contribution is -0.147. The van der Waals surface area contributed by atoms with Crippen molar-refractivity contribution in [2.24, 2.45) is 5.92 Å². The highest BCUT2D eigenvalue weighted by molar-refractivity contribution is 5.98. The van der Waals surface area contributed by atoms with Crippen molar-refractivity contribution < 1.29 is 23.9 Å². The normalized spacial score (nSPS) is 20.2. The lowest BCUT2D eigenvalue weighted by atomic mass is 10.1. The van der Waals surface area contributed by atoms with Crippen LogP contribution in [0, 0.1) is 5.92 Å². The second kappa shape index (κ2) is 7.63. The Morgan fingerprint density at radius 1 is 1.24 bits per heavy atom. The van der Waals surface area contributed by atoms with Crippen molar-refractivity contribution in [2.75, 3.05) is 13.2 Å². The van der Waals surface area contributed by atoms with Crippen LogP contribution < -0.4 is 0 Å². The van der Waals surface area contributed by atoms with Gasteiger partial charge in [0, 0.05) is 24.5 Å². The molecule has 25 heavy (non-hydrogen) atoms. The molecule has 0 aromatic carbocycles. The van der Waals surface area contributed by atoms with E-state index in [1.54, 1.807) is 32.9 Å². The molecule has 136 valence electrons. The average molecular weight is 348 g/mol. The Kier molecular flexibility index (Phi) is 5.77. The van der Waals surface area contributed by atoms with Gasteiger partial charge in [-0.2, -0.15) is 0 Å². The van der Waals surface area contributed by atoms with Gasteiger partial charge < -0.3 is 9.47 Å². The highest BCUT2D eigenvalue weighted by atomic mass is 16.6. The van der Waals surface area contributed by atoms with Crippen LogP contribution in [0.5, 0.6) is 0 Å². The van der Waals surface area contributed by atoms with Gasteiger partial charge in [-0.1, -0.05) is 6.92 Å². The van der Waals surface area contributed by atoms with Gasteiger partial charge in [-0.15, -0.1) is 0 Å². The van der Waals surface area contributed by atoms with E-state index in [0.717, 1.165) is 0 Å². The Bertz CT molecular complexity index is 639. The summed E-state index contributed by atoms with van der Waals surface area (Å²) in [7, 11) is 0. The number of rotatable bonds is 4. The van der Waals surface area contributed by atoms with Crippen LogP contribution in [0.1, 0.15) is 44.5 Å².